The molecule has 2 rings (SSSR count). The minimum absolute atomic E-state index is 0.119. The molecule has 0 radical (unpaired) electrons. The molecule has 1 N–H and O–H groups in total. The molecule has 2 aromatic rings. The number of anilines is 1. The quantitative estimate of drug-likeness (QED) is 0.869. The number of Topliss-reactive ketones (excluding diaryl/α,β-unsaturated/α-hetero) is 1. The van der Waals surface area contributed by atoms with Crippen LogP contribution >= 0.6 is 11.3 Å². The van der Waals surface area contributed by atoms with Crippen molar-refractivity contribution in [2.24, 2.45) is 0 Å². The fourth-order valence-corrected chi connectivity index (χ4v) is 2.37. The van der Waals surface area contributed by atoms with Gasteiger partial charge >= 0.3 is 0 Å². The highest BCUT2D eigenvalue weighted by Crippen LogP contribution is 2.17. The number of carbonyl (C=O) groups is 2. The van der Waals surface area contributed by atoms with Gasteiger partial charge in [-0.1, -0.05) is 0 Å². The minimum atomic E-state index is -0.271. The van der Waals surface area contributed by atoms with Gasteiger partial charge < -0.3 is 0 Å². The van der Waals surface area contributed by atoms with Crippen LogP contribution in [0.25, 0.3) is 0 Å². The lowest BCUT2D eigenvalue weighted by Crippen LogP contribution is -2.17. The summed E-state index contributed by atoms with van der Waals surface area (Å²) in [7, 11) is 0. The first-order valence-corrected chi connectivity index (χ1v) is 6.71. The van der Waals surface area contributed by atoms with Gasteiger partial charge in [-0.3, -0.25) is 19.6 Å². The van der Waals surface area contributed by atoms with Crippen LogP contribution < -0.4 is 5.32 Å². The average molecular weight is 278 g/mol. The Hall–Kier alpha value is -2.02. The van der Waals surface area contributed by atoms with E-state index in [0.717, 1.165) is 5.69 Å². The zero-order chi connectivity index (χ0) is 14.0. The van der Waals surface area contributed by atoms with Gasteiger partial charge in [0.25, 0.3) is 5.91 Å². The van der Waals surface area contributed by atoms with Crippen LogP contribution in [0.2, 0.25) is 0 Å². The van der Waals surface area contributed by atoms with E-state index >= 15 is 0 Å². The largest absolute Gasteiger partial charge is 0.296 e. The Kier molecular flexibility index (Phi) is 3.75. The van der Waals surface area contributed by atoms with Crippen LogP contribution in [0.3, 0.4) is 0 Å². The molecule has 0 saturated carbocycles. The summed E-state index contributed by atoms with van der Waals surface area (Å²) in [5.41, 5.74) is 1.63. The Morgan fingerprint density at radius 3 is 2.79 bits per heavy atom. The summed E-state index contributed by atoms with van der Waals surface area (Å²) in [6, 6.07) is 1.72. The van der Waals surface area contributed by atoms with Gasteiger partial charge in [-0.05, 0) is 19.9 Å². The first-order chi connectivity index (χ1) is 9.01. The highest BCUT2D eigenvalue weighted by Gasteiger charge is 2.15. The summed E-state index contributed by atoms with van der Waals surface area (Å²) in [6.45, 7) is 5.81. The van der Waals surface area contributed by atoms with E-state index in [1.54, 1.807) is 16.1 Å². The Labute approximate surface area is 114 Å². The second-order valence-corrected chi connectivity index (χ2v) is 4.89. The minimum Gasteiger partial charge on any atom is -0.296 e. The Morgan fingerprint density at radius 1 is 1.47 bits per heavy atom. The maximum atomic E-state index is 12.1. The molecule has 2 heterocycles. The molecule has 0 aliphatic heterocycles. The molecule has 0 bridgehead atoms. The molecule has 19 heavy (non-hydrogen) atoms. The third-order valence-corrected chi connectivity index (χ3v) is 3.28. The lowest BCUT2D eigenvalue weighted by molar-refractivity contribution is 0.0999. The molecule has 2 aromatic heterocycles. The summed E-state index contributed by atoms with van der Waals surface area (Å²) < 4.78 is 1.63. The van der Waals surface area contributed by atoms with Gasteiger partial charge in [0.05, 0.1) is 5.69 Å². The predicted molar refractivity (Wildman–Crippen MR) is 72.7 cm³/mol. The maximum absolute atomic E-state index is 12.1. The van der Waals surface area contributed by atoms with E-state index in [0.29, 0.717) is 23.1 Å². The van der Waals surface area contributed by atoms with Crippen LogP contribution in [0.15, 0.2) is 11.4 Å². The zero-order valence-electron chi connectivity index (χ0n) is 10.9. The van der Waals surface area contributed by atoms with Crippen molar-refractivity contribution in [3.8, 4) is 0 Å². The lowest BCUT2D eigenvalue weighted by Gasteiger charge is -2.03. The SMILES string of the molecule is CCn1nc(C)cc1C(=O)Nc1nc(C(C)=O)cs1. The smallest absolute Gasteiger partial charge is 0.275 e. The van der Waals surface area contributed by atoms with Crippen LogP contribution in [0.1, 0.15) is 40.5 Å². The third kappa shape index (κ3) is 2.87. The van der Waals surface area contributed by atoms with Crippen molar-refractivity contribution < 1.29 is 9.59 Å². The number of rotatable bonds is 4. The van der Waals surface area contributed by atoms with E-state index < -0.39 is 0 Å². The monoisotopic (exact) mass is 278 g/mol. The van der Waals surface area contributed by atoms with E-state index in [4.69, 9.17) is 0 Å². The van der Waals surface area contributed by atoms with Gasteiger partial charge in [0, 0.05) is 18.8 Å². The number of aromatic nitrogens is 3. The number of nitrogens with one attached hydrogen (secondary N) is 1. The van der Waals surface area contributed by atoms with Gasteiger partial charge in [-0.25, -0.2) is 4.98 Å². The van der Waals surface area contributed by atoms with Gasteiger partial charge in [0.1, 0.15) is 11.4 Å². The number of hydrogen-bond donors (Lipinski definition) is 1. The number of amides is 1. The highest BCUT2D eigenvalue weighted by atomic mass is 32.1. The molecule has 0 aromatic carbocycles. The second-order valence-electron chi connectivity index (χ2n) is 4.03. The fourth-order valence-electron chi connectivity index (χ4n) is 1.62. The summed E-state index contributed by atoms with van der Waals surface area (Å²) >= 11 is 1.23. The zero-order valence-corrected chi connectivity index (χ0v) is 11.7. The van der Waals surface area contributed by atoms with Crippen molar-refractivity contribution in [3.05, 3.63) is 28.5 Å². The molecule has 0 unspecified atom stereocenters. The van der Waals surface area contributed by atoms with Gasteiger partial charge in [0.2, 0.25) is 0 Å². The molecule has 0 atom stereocenters. The molecule has 6 nitrogen and oxygen atoms in total. The third-order valence-electron chi connectivity index (χ3n) is 2.52. The Morgan fingerprint density at radius 2 is 2.21 bits per heavy atom. The number of aryl methyl sites for hydroxylation is 2. The van der Waals surface area contributed by atoms with Gasteiger partial charge in [-0.15, -0.1) is 11.3 Å². The lowest BCUT2D eigenvalue weighted by atomic mass is 10.3. The van der Waals surface area contributed by atoms with Crippen molar-refractivity contribution in [1.82, 2.24) is 14.8 Å². The van der Waals surface area contributed by atoms with Crippen LogP contribution in [0.5, 0.6) is 0 Å². The molecule has 1 amide bonds. The van der Waals surface area contributed by atoms with E-state index in [-0.39, 0.29) is 11.7 Å². The van der Waals surface area contributed by atoms with Crippen molar-refractivity contribution in [3.63, 3.8) is 0 Å². The van der Waals surface area contributed by atoms with Crippen LogP contribution in [-0.4, -0.2) is 26.5 Å². The van der Waals surface area contributed by atoms with Crippen molar-refractivity contribution in [2.45, 2.75) is 27.3 Å². The molecule has 0 saturated heterocycles. The van der Waals surface area contributed by atoms with Crippen molar-refractivity contribution in [2.75, 3.05) is 5.32 Å². The van der Waals surface area contributed by atoms with Crippen LogP contribution in [-0.2, 0) is 6.54 Å². The van der Waals surface area contributed by atoms with Crippen LogP contribution in [0, 0.1) is 6.92 Å². The normalized spacial score (nSPS) is 10.5. The van der Waals surface area contributed by atoms with E-state index in [2.05, 4.69) is 15.4 Å². The highest BCUT2D eigenvalue weighted by molar-refractivity contribution is 7.14. The summed E-state index contributed by atoms with van der Waals surface area (Å²) in [4.78, 5) is 27.3. The fraction of sp³-hybridized carbons (Fsp3) is 0.333. The average Bonchev–Trinajstić information content (AvgIpc) is 2.95. The second kappa shape index (κ2) is 5.31. The number of carbonyl (C=O) groups excluding carboxylic acids is 2. The van der Waals surface area contributed by atoms with Crippen LogP contribution in [0.4, 0.5) is 5.13 Å². The standard InChI is InChI=1S/C12H14N4O2S/c1-4-16-10(5-7(2)15-16)11(18)14-12-13-9(6-19-12)8(3)17/h5-6H,4H2,1-3H3,(H,13,14,18). The van der Waals surface area contributed by atoms with E-state index in [1.165, 1.54) is 18.3 Å². The number of ketones is 1. The molecule has 0 aliphatic carbocycles. The molecular weight excluding hydrogens is 264 g/mol. The van der Waals surface area contributed by atoms with Gasteiger partial charge in [-0.2, -0.15) is 5.10 Å². The molecule has 0 aliphatic rings. The molecule has 7 heteroatoms. The Balaban J connectivity index is 2.18. The summed E-state index contributed by atoms with van der Waals surface area (Å²) in [5, 5.41) is 8.93. The molecule has 100 valence electrons. The number of nitrogens with zero attached hydrogens (tertiary/aromatic N) is 3. The predicted octanol–water partition coefficient (Wildman–Crippen LogP) is 2.12. The number of thiazole rings is 1. The number of hydrogen-bond acceptors (Lipinski definition) is 5. The summed E-state index contributed by atoms with van der Waals surface area (Å²) in [5.74, 6) is -0.391. The molecule has 0 spiro atoms. The van der Waals surface area contributed by atoms with Gasteiger partial charge in [0.15, 0.2) is 10.9 Å². The first-order valence-electron chi connectivity index (χ1n) is 5.83. The molecule has 0 fully saturated rings. The van der Waals surface area contributed by atoms with Crippen molar-refractivity contribution in [1.29, 1.82) is 0 Å². The van der Waals surface area contributed by atoms with E-state index in [9.17, 15) is 9.59 Å². The molecular formula is C12H14N4O2S. The van der Waals surface area contributed by atoms with E-state index in [1.807, 2.05) is 13.8 Å². The van der Waals surface area contributed by atoms with Crippen molar-refractivity contribution >= 4 is 28.2 Å². The topological polar surface area (TPSA) is 76.9 Å². The first kappa shape index (κ1) is 13.4. The summed E-state index contributed by atoms with van der Waals surface area (Å²) in [6.07, 6.45) is 0. The maximum Gasteiger partial charge on any atom is 0.275 e. The Bertz CT molecular complexity index is 629.